The minimum atomic E-state index is -0.805. The summed E-state index contributed by atoms with van der Waals surface area (Å²) < 4.78 is 11.2. The first kappa shape index (κ1) is 12.7. The summed E-state index contributed by atoms with van der Waals surface area (Å²) in [6, 6.07) is 5.37. The SMILES string of the molecule is CC1(C)OCc2cc([C@H](O)CN=[N+]=[N-])ccc2O1. The zero-order chi connectivity index (χ0) is 13.2. The van der Waals surface area contributed by atoms with Crippen LogP contribution >= 0.6 is 0 Å². The molecule has 6 nitrogen and oxygen atoms in total. The van der Waals surface area contributed by atoms with E-state index in [1.165, 1.54) is 0 Å². The van der Waals surface area contributed by atoms with Crippen LogP contribution in [0.5, 0.6) is 5.75 Å². The second-order valence-electron chi connectivity index (χ2n) is 4.59. The molecule has 18 heavy (non-hydrogen) atoms. The highest BCUT2D eigenvalue weighted by Crippen LogP contribution is 2.32. The fourth-order valence-corrected chi connectivity index (χ4v) is 1.78. The van der Waals surface area contributed by atoms with Crippen molar-refractivity contribution in [1.29, 1.82) is 0 Å². The number of aliphatic hydroxyl groups excluding tert-OH is 1. The highest BCUT2D eigenvalue weighted by Gasteiger charge is 2.27. The van der Waals surface area contributed by atoms with Gasteiger partial charge in [0.15, 0.2) is 0 Å². The highest BCUT2D eigenvalue weighted by atomic mass is 16.7. The molecule has 1 aliphatic heterocycles. The molecule has 0 saturated heterocycles. The monoisotopic (exact) mass is 249 g/mol. The average Bonchev–Trinajstić information content (AvgIpc) is 2.34. The zero-order valence-corrected chi connectivity index (χ0v) is 10.3. The lowest BCUT2D eigenvalue weighted by Crippen LogP contribution is -2.35. The highest BCUT2D eigenvalue weighted by molar-refractivity contribution is 5.39. The summed E-state index contributed by atoms with van der Waals surface area (Å²) in [7, 11) is 0. The van der Waals surface area contributed by atoms with Crippen molar-refractivity contribution in [3.05, 3.63) is 39.8 Å². The maximum absolute atomic E-state index is 9.81. The molecule has 0 unspecified atom stereocenters. The van der Waals surface area contributed by atoms with Gasteiger partial charge < -0.3 is 14.6 Å². The summed E-state index contributed by atoms with van der Waals surface area (Å²) in [5.74, 6) is 0.129. The molecule has 0 aliphatic carbocycles. The lowest BCUT2D eigenvalue weighted by molar-refractivity contribution is -0.180. The van der Waals surface area contributed by atoms with Gasteiger partial charge in [-0.25, -0.2) is 0 Å². The van der Waals surface area contributed by atoms with Gasteiger partial charge in [0.2, 0.25) is 5.79 Å². The number of aliphatic hydroxyl groups is 1. The predicted octanol–water partition coefficient (Wildman–Crippen LogP) is 2.68. The van der Waals surface area contributed by atoms with Crippen molar-refractivity contribution in [2.45, 2.75) is 32.3 Å². The topological polar surface area (TPSA) is 87.5 Å². The fourth-order valence-electron chi connectivity index (χ4n) is 1.78. The number of fused-ring (bicyclic) bond motifs is 1. The van der Waals surface area contributed by atoms with Gasteiger partial charge in [-0.05, 0) is 23.2 Å². The Bertz CT molecular complexity index is 495. The summed E-state index contributed by atoms with van der Waals surface area (Å²) in [5, 5.41) is 13.2. The minimum Gasteiger partial charge on any atom is -0.463 e. The van der Waals surface area contributed by atoms with E-state index in [4.69, 9.17) is 15.0 Å². The Labute approximate surface area is 105 Å². The number of nitrogens with zero attached hydrogens (tertiary/aromatic N) is 3. The first-order chi connectivity index (χ1) is 8.52. The molecule has 96 valence electrons. The molecular formula is C12H15N3O3. The van der Waals surface area contributed by atoms with Gasteiger partial charge in [0, 0.05) is 24.3 Å². The maximum Gasteiger partial charge on any atom is 0.205 e. The Morgan fingerprint density at radius 1 is 1.56 bits per heavy atom. The lowest BCUT2D eigenvalue weighted by Gasteiger charge is -2.32. The van der Waals surface area contributed by atoms with E-state index >= 15 is 0 Å². The van der Waals surface area contributed by atoms with E-state index in [1.54, 1.807) is 12.1 Å². The Morgan fingerprint density at radius 3 is 3.06 bits per heavy atom. The Kier molecular flexibility index (Phi) is 3.43. The van der Waals surface area contributed by atoms with Crippen LogP contribution in [0, 0.1) is 0 Å². The van der Waals surface area contributed by atoms with Gasteiger partial charge in [-0.15, -0.1) is 0 Å². The van der Waals surface area contributed by atoms with Gasteiger partial charge in [0.25, 0.3) is 0 Å². The van der Waals surface area contributed by atoms with Gasteiger partial charge in [-0.1, -0.05) is 11.2 Å². The van der Waals surface area contributed by atoms with Crippen molar-refractivity contribution >= 4 is 0 Å². The number of azide groups is 1. The van der Waals surface area contributed by atoms with Gasteiger partial charge in [-0.2, -0.15) is 0 Å². The number of ether oxygens (including phenoxy) is 2. The third-order valence-corrected chi connectivity index (χ3v) is 2.72. The summed E-state index contributed by atoms with van der Waals surface area (Å²) in [6.07, 6.45) is -0.805. The molecule has 0 aromatic heterocycles. The van der Waals surface area contributed by atoms with E-state index in [1.807, 2.05) is 19.9 Å². The summed E-state index contributed by atoms with van der Waals surface area (Å²) in [5.41, 5.74) is 9.79. The van der Waals surface area contributed by atoms with Crippen molar-refractivity contribution in [3.8, 4) is 5.75 Å². The van der Waals surface area contributed by atoms with Gasteiger partial charge in [0.05, 0.1) is 19.3 Å². The van der Waals surface area contributed by atoms with Crippen molar-refractivity contribution in [2.24, 2.45) is 5.11 Å². The summed E-state index contributed by atoms with van der Waals surface area (Å²) in [6.45, 7) is 4.15. The average molecular weight is 249 g/mol. The molecule has 0 saturated carbocycles. The van der Waals surface area contributed by atoms with E-state index in [0.717, 1.165) is 11.3 Å². The minimum absolute atomic E-state index is 0.0164. The third-order valence-electron chi connectivity index (χ3n) is 2.72. The largest absolute Gasteiger partial charge is 0.463 e. The van der Waals surface area contributed by atoms with Crippen LogP contribution in [0.3, 0.4) is 0 Å². The van der Waals surface area contributed by atoms with Crippen molar-refractivity contribution in [1.82, 2.24) is 0 Å². The van der Waals surface area contributed by atoms with Crippen LogP contribution in [-0.2, 0) is 11.3 Å². The first-order valence-electron chi connectivity index (χ1n) is 5.66. The van der Waals surface area contributed by atoms with Crippen molar-refractivity contribution in [2.75, 3.05) is 6.54 Å². The van der Waals surface area contributed by atoms with E-state index < -0.39 is 11.9 Å². The Balaban J connectivity index is 2.20. The van der Waals surface area contributed by atoms with Crippen molar-refractivity contribution in [3.63, 3.8) is 0 Å². The van der Waals surface area contributed by atoms with Crippen molar-refractivity contribution < 1.29 is 14.6 Å². The molecule has 1 aliphatic rings. The van der Waals surface area contributed by atoms with E-state index in [2.05, 4.69) is 10.0 Å². The molecule has 1 aromatic carbocycles. The normalized spacial score (nSPS) is 18.2. The smallest absolute Gasteiger partial charge is 0.205 e. The van der Waals surface area contributed by atoms with Gasteiger partial charge >= 0.3 is 0 Å². The number of benzene rings is 1. The van der Waals surface area contributed by atoms with Gasteiger partial charge in [-0.3, -0.25) is 0 Å². The molecule has 6 heteroatoms. The fraction of sp³-hybridized carbons (Fsp3) is 0.500. The second-order valence-corrected chi connectivity index (χ2v) is 4.59. The van der Waals surface area contributed by atoms with E-state index in [-0.39, 0.29) is 6.54 Å². The zero-order valence-electron chi connectivity index (χ0n) is 10.3. The molecule has 0 radical (unpaired) electrons. The molecule has 1 aromatic rings. The van der Waals surface area contributed by atoms with Crippen LogP contribution < -0.4 is 4.74 Å². The number of hydrogen-bond donors (Lipinski definition) is 1. The number of rotatable bonds is 3. The molecular weight excluding hydrogens is 234 g/mol. The van der Waals surface area contributed by atoms with E-state index in [9.17, 15) is 5.11 Å². The molecule has 1 atom stereocenters. The molecule has 0 spiro atoms. The predicted molar refractivity (Wildman–Crippen MR) is 64.9 cm³/mol. The van der Waals surface area contributed by atoms with Crippen LogP contribution in [0.1, 0.15) is 31.1 Å². The molecule has 0 bridgehead atoms. The van der Waals surface area contributed by atoms with Crippen LogP contribution in [-0.4, -0.2) is 17.4 Å². The Hall–Kier alpha value is -1.75. The maximum atomic E-state index is 9.81. The molecule has 1 heterocycles. The van der Waals surface area contributed by atoms with Crippen LogP contribution in [0.15, 0.2) is 23.3 Å². The quantitative estimate of drug-likeness (QED) is 0.507. The van der Waals surface area contributed by atoms with Crippen LogP contribution in [0.2, 0.25) is 0 Å². The summed E-state index contributed by atoms with van der Waals surface area (Å²) >= 11 is 0. The Morgan fingerprint density at radius 2 is 2.33 bits per heavy atom. The number of hydrogen-bond acceptors (Lipinski definition) is 4. The van der Waals surface area contributed by atoms with E-state index in [0.29, 0.717) is 12.2 Å². The second kappa shape index (κ2) is 4.86. The molecule has 0 amide bonds. The molecule has 0 fully saturated rings. The molecule has 2 rings (SSSR count). The lowest BCUT2D eigenvalue weighted by atomic mass is 10.0. The van der Waals surface area contributed by atoms with Gasteiger partial charge in [0.1, 0.15) is 5.75 Å². The first-order valence-corrected chi connectivity index (χ1v) is 5.66. The van der Waals surface area contributed by atoms with Crippen LogP contribution in [0.4, 0.5) is 0 Å². The molecule has 1 N–H and O–H groups in total. The van der Waals surface area contributed by atoms with Crippen LogP contribution in [0.25, 0.3) is 10.4 Å². The third kappa shape index (κ3) is 2.73. The standard InChI is InChI=1S/C12H15N3O3/c1-12(2)17-7-9-5-8(3-4-11(9)18-12)10(16)6-14-15-13/h3-5,10,16H,6-7H2,1-2H3/t10-/m1/s1. The summed E-state index contributed by atoms with van der Waals surface area (Å²) in [4.78, 5) is 2.62.